The molecule has 0 aromatic heterocycles. The molecule has 1 aliphatic heterocycles. The van der Waals surface area contributed by atoms with Crippen molar-refractivity contribution in [2.45, 2.75) is 0 Å². The minimum atomic E-state index is -0.615. The molecule has 0 spiro atoms. The number of carbonyl (C=O) groups is 1. The third-order valence-corrected chi connectivity index (χ3v) is 2.55. The van der Waals surface area contributed by atoms with Crippen LogP contribution >= 0.6 is 0 Å². The van der Waals surface area contributed by atoms with Crippen molar-refractivity contribution in [3.63, 3.8) is 0 Å². The molecule has 8 heteroatoms. The monoisotopic (exact) mass is 287 g/mol. The van der Waals surface area contributed by atoms with Crippen LogP contribution in [0, 0.1) is 0 Å². The first kappa shape index (κ1) is 14.4. The van der Waals surface area contributed by atoms with Crippen LogP contribution < -0.4 is 14.8 Å². The predicted molar refractivity (Wildman–Crippen MR) is 77.1 cm³/mol. The minimum absolute atomic E-state index is 0.146. The molecule has 0 aliphatic carbocycles. The van der Waals surface area contributed by atoms with Crippen LogP contribution in [0.15, 0.2) is 50.9 Å². The molecule has 0 unspecified atom stereocenters. The Morgan fingerprint density at radius 1 is 1.29 bits per heavy atom. The summed E-state index contributed by atoms with van der Waals surface area (Å²) < 4.78 is 10.4. The van der Waals surface area contributed by atoms with E-state index in [2.05, 4.69) is 32.3 Å². The minimum Gasteiger partial charge on any atom is -0.493 e. The Kier molecular flexibility index (Phi) is 4.39. The molecule has 0 saturated heterocycles. The van der Waals surface area contributed by atoms with Crippen LogP contribution in [0.25, 0.3) is 0 Å². The predicted octanol–water partition coefficient (Wildman–Crippen LogP) is 2.13. The number of benzene rings is 1. The van der Waals surface area contributed by atoms with Crippen LogP contribution in [0.3, 0.4) is 0 Å². The van der Waals surface area contributed by atoms with Crippen molar-refractivity contribution in [1.82, 2.24) is 5.32 Å². The number of rotatable bonds is 4. The molecule has 1 N–H and O–H groups in total. The third kappa shape index (κ3) is 3.30. The summed E-state index contributed by atoms with van der Waals surface area (Å²) in [7, 11) is 3.08. The van der Waals surface area contributed by atoms with Gasteiger partial charge in [-0.2, -0.15) is 5.10 Å². The zero-order valence-electron chi connectivity index (χ0n) is 11.5. The molecule has 0 saturated carbocycles. The van der Waals surface area contributed by atoms with Gasteiger partial charge in [-0.3, -0.25) is 5.32 Å². The Hall–Kier alpha value is -3.03. The molecule has 108 valence electrons. The van der Waals surface area contributed by atoms with Crippen LogP contribution in [-0.2, 0) is 0 Å². The van der Waals surface area contributed by atoms with Crippen molar-refractivity contribution >= 4 is 18.1 Å². The zero-order chi connectivity index (χ0) is 15.2. The van der Waals surface area contributed by atoms with E-state index in [4.69, 9.17) is 9.47 Å². The standard InChI is InChI=1S/C13H13N5O3/c1-8-12(15-13(19)18-16-8)17-14-7-9-5-4-6-10(20-2)11(9)21-3/h4-7H,1H2,2-3H3,(H,15,17,19)/b14-7+. The van der Waals surface area contributed by atoms with Crippen LogP contribution in [0.1, 0.15) is 5.56 Å². The van der Waals surface area contributed by atoms with E-state index in [0.29, 0.717) is 17.1 Å². The Morgan fingerprint density at radius 2 is 2.10 bits per heavy atom. The van der Waals surface area contributed by atoms with Crippen LogP contribution in [0.5, 0.6) is 11.5 Å². The molecule has 1 aromatic carbocycles. The van der Waals surface area contributed by atoms with Gasteiger partial charge in [-0.25, -0.2) is 4.79 Å². The fraction of sp³-hybridized carbons (Fsp3) is 0.154. The summed E-state index contributed by atoms with van der Waals surface area (Å²) in [5, 5.41) is 16.9. The second kappa shape index (κ2) is 6.42. The number of amides is 2. The van der Waals surface area contributed by atoms with Gasteiger partial charge in [0.25, 0.3) is 0 Å². The van der Waals surface area contributed by atoms with E-state index in [1.807, 2.05) is 0 Å². The number of azo groups is 1. The number of methoxy groups -OCH3 is 2. The summed E-state index contributed by atoms with van der Waals surface area (Å²) in [6, 6.07) is 4.74. The topological polar surface area (TPSA) is 97.0 Å². The average molecular weight is 287 g/mol. The number of nitrogens with zero attached hydrogens (tertiary/aromatic N) is 4. The number of hydrogen-bond acceptors (Lipinski definition) is 6. The summed E-state index contributed by atoms with van der Waals surface area (Å²) in [4.78, 5) is 11.1. The van der Waals surface area contributed by atoms with Gasteiger partial charge in [-0.1, -0.05) is 17.8 Å². The Bertz CT molecular complexity index is 664. The summed E-state index contributed by atoms with van der Waals surface area (Å²) >= 11 is 0. The molecular formula is C13H13N5O3. The fourth-order valence-electron chi connectivity index (χ4n) is 1.60. The molecule has 1 heterocycles. The average Bonchev–Trinajstić information content (AvgIpc) is 2.50. The normalized spacial score (nSPS) is 16.4. The molecule has 21 heavy (non-hydrogen) atoms. The second-order valence-electron chi connectivity index (χ2n) is 3.85. The van der Waals surface area contributed by atoms with Crippen LogP contribution in [0.2, 0.25) is 0 Å². The van der Waals surface area contributed by atoms with Crippen molar-refractivity contribution in [1.29, 1.82) is 0 Å². The van der Waals surface area contributed by atoms with Gasteiger partial charge in [0.2, 0.25) is 0 Å². The second-order valence-corrected chi connectivity index (χ2v) is 3.85. The number of hydrogen-bond donors (Lipinski definition) is 1. The SMILES string of the molecule is C=C1N=NC(=O)N/C1=N/N=C/c1cccc(OC)c1OC. The Labute approximate surface area is 120 Å². The number of nitrogens with one attached hydrogen (secondary N) is 1. The molecule has 2 rings (SSSR count). The lowest BCUT2D eigenvalue weighted by molar-refractivity contribution is 0.251. The molecule has 0 fully saturated rings. The highest BCUT2D eigenvalue weighted by atomic mass is 16.5. The van der Waals surface area contributed by atoms with Gasteiger partial charge in [-0.15, -0.1) is 10.2 Å². The highest BCUT2D eigenvalue weighted by Crippen LogP contribution is 2.29. The summed E-state index contributed by atoms with van der Waals surface area (Å²) in [6.45, 7) is 3.59. The van der Waals surface area contributed by atoms with Crippen molar-refractivity contribution in [2.24, 2.45) is 20.4 Å². The van der Waals surface area contributed by atoms with E-state index in [-0.39, 0.29) is 11.5 Å². The Balaban J connectivity index is 2.24. The quantitative estimate of drug-likeness (QED) is 0.678. The summed E-state index contributed by atoms with van der Waals surface area (Å²) in [5.41, 5.74) is 0.903. The van der Waals surface area contributed by atoms with Gasteiger partial charge >= 0.3 is 6.03 Å². The molecule has 8 nitrogen and oxygen atoms in total. The Morgan fingerprint density at radius 3 is 2.81 bits per heavy atom. The van der Waals surface area contributed by atoms with Crippen LogP contribution in [0.4, 0.5) is 4.79 Å². The first-order valence-corrected chi connectivity index (χ1v) is 5.89. The molecule has 0 radical (unpaired) electrons. The van der Waals surface area contributed by atoms with Gasteiger partial charge in [0.15, 0.2) is 17.3 Å². The molecule has 1 aliphatic rings. The molecule has 1 aromatic rings. The molecule has 0 bridgehead atoms. The van der Waals surface area contributed by atoms with E-state index in [1.165, 1.54) is 13.3 Å². The molecular weight excluding hydrogens is 274 g/mol. The maximum absolute atomic E-state index is 11.1. The van der Waals surface area contributed by atoms with Crippen LogP contribution in [-0.4, -0.2) is 32.3 Å². The number of ether oxygens (including phenoxy) is 2. The fourth-order valence-corrected chi connectivity index (χ4v) is 1.60. The smallest absolute Gasteiger partial charge is 0.365 e. The van der Waals surface area contributed by atoms with Crippen molar-refractivity contribution < 1.29 is 14.3 Å². The van der Waals surface area contributed by atoms with Crippen molar-refractivity contribution in [3.8, 4) is 11.5 Å². The first-order valence-electron chi connectivity index (χ1n) is 5.89. The lowest BCUT2D eigenvalue weighted by Gasteiger charge is -2.09. The molecule has 2 amide bonds. The van der Waals surface area contributed by atoms with E-state index in [0.717, 1.165) is 0 Å². The number of para-hydroxylation sites is 1. The van der Waals surface area contributed by atoms with E-state index >= 15 is 0 Å². The van der Waals surface area contributed by atoms with E-state index < -0.39 is 6.03 Å². The molecule has 0 atom stereocenters. The lowest BCUT2D eigenvalue weighted by atomic mass is 10.2. The highest BCUT2D eigenvalue weighted by molar-refractivity contribution is 6.08. The third-order valence-electron chi connectivity index (χ3n) is 2.55. The van der Waals surface area contributed by atoms with Gasteiger partial charge in [-0.05, 0) is 12.1 Å². The summed E-state index contributed by atoms with van der Waals surface area (Å²) in [6.07, 6.45) is 1.47. The van der Waals surface area contributed by atoms with Gasteiger partial charge in [0, 0.05) is 5.56 Å². The lowest BCUT2D eigenvalue weighted by Crippen LogP contribution is -2.31. The maximum Gasteiger partial charge on any atom is 0.365 e. The first-order chi connectivity index (χ1) is 10.2. The van der Waals surface area contributed by atoms with E-state index in [1.54, 1.807) is 25.3 Å². The maximum atomic E-state index is 11.1. The number of urea groups is 1. The number of carbonyl (C=O) groups excluding carboxylic acids is 1. The zero-order valence-corrected chi connectivity index (χ0v) is 11.5. The summed E-state index contributed by atoms with van der Waals surface area (Å²) in [5.74, 6) is 1.27. The van der Waals surface area contributed by atoms with Crippen molar-refractivity contribution in [3.05, 3.63) is 36.0 Å². The highest BCUT2D eigenvalue weighted by Gasteiger charge is 2.14. The van der Waals surface area contributed by atoms with Crippen molar-refractivity contribution in [2.75, 3.05) is 14.2 Å². The van der Waals surface area contributed by atoms with Gasteiger partial charge in [0.05, 0.1) is 20.4 Å². The van der Waals surface area contributed by atoms with Gasteiger partial charge < -0.3 is 9.47 Å². The van der Waals surface area contributed by atoms with E-state index in [9.17, 15) is 4.79 Å². The van der Waals surface area contributed by atoms with Gasteiger partial charge in [0.1, 0.15) is 5.70 Å². The largest absolute Gasteiger partial charge is 0.493 e. The number of amidine groups is 1.